The molecule has 2 amide bonds. The highest BCUT2D eigenvalue weighted by Crippen LogP contribution is 2.20. The topological polar surface area (TPSA) is 54.8 Å². The van der Waals surface area contributed by atoms with Crippen molar-refractivity contribution >= 4 is 12.0 Å². The van der Waals surface area contributed by atoms with Crippen LogP contribution < -0.4 is 0 Å². The van der Waals surface area contributed by atoms with E-state index in [-0.39, 0.29) is 18.0 Å². The van der Waals surface area contributed by atoms with Gasteiger partial charge in [0.1, 0.15) is 11.3 Å². The van der Waals surface area contributed by atoms with Crippen molar-refractivity contribution in [3.63, 3.8) is 0 Å². The van der Waals surface area contributed by atoms with Crippen LogP contribution in [0, 0.1) is 6.92 Å². The van der Waals surface area contributed by atoms with Crippen LogP contribution >= 0.6 is 0 Å². The number of carbonyl (C=O) groups is 2. The van der Waals surface area contributed by atoms with Crippen molar-refractivity contribution < 1.29 is 14.3 Å². The van der Waals surface area contributed by atoms with Crippen LogP contribution in [-0.2, 0) is 11.8 Å². The smallest absolute Gasteiger partial charge is 0.410 e. The molecule has 23 heavy (non-hydrogen) atoms. The van der Waals surface area contributed by atoms with Gasteiger partial charge in [-0.05, 0) is 46.2 Å². The summed E-state index contributed by atoms with van der Waals surface area (Å²) < 4.78 is 7.29. The lowest BCUT2D eigenvalue weighted by molar-refractivity contribution is 0.0226. The average Bonchev–Trinajstić information content (AvgIpc) is 3.04. The van der Waals surface area contributed by atoms with Gasteiger partial charge in [0.25, 0.3) is 5.91 Å². The zero-order chi connectivity index (χ0) is 17.4. The molecule has 1 aliphatic heterocycles. The highest BCUT2D eigenvalue weighted by atomic mass is 16.6. The molecule has 0 spiro atoms. The van der Waals surface area contributed by atoms with E-state index in [2.05, 4.69) is 0 Å². The van der Waals surface area contributed by atoms with E-state index in [9.17, 15) is 9.59 Å². The number of rotatable bonds is 2. The molecule has 0 saturated carbocycles. The number of carbonyl (C=O) groups excluding carboxylic acids is 2. The fraction of sp³-hybridized carbons (Fsp3) is 0.647. The lowest BCUT2D eigenvalue weighted by atomic mass is 10.2. The number of nitrogens with zero attached hydrogens (tertiary/aromatic N) is 3. The summed E-state index contributed by atoms with van der Waals surface area (Å²) in [5, 5.41) is 0. The van der Waals surface area contributed by atoms with Crippen LogP contribution in [0.4, 0.5) is 4.79 Å². The van der Waals surface area contributed by atoms with Gasteiger partial charge in [-0.1, -0.05) is 0 Å². The van der Waals surface area contributed by atoms with E-state index in [4.69, 9.17) is 4.74 Å². The SMILES string of the molecule is Cc1ccc(C(=O)N2CC[C@@H](N(C)C(=O)OC(C)(C)C)C2)n1C. The predicted molar refractivity (Wildman–Crippen MR) is 88.5 cm³/mol. The fourth-order valence-electron chi connectivity index (χ4n) is 2.72. The van der Waals surface area contributed by atoms with Gasteiger partial charge < -0.3 is 19.1 Å². The Bertz CT molecular complexity index is 601. The van der Waals surface area contributed by atoms with E-state index < -0.39 is 5.60 Å². The molecule has 1 saturated heterocycles. The lowest BCUT2D eigenvalue weighted by Gasteiger charge is -2.28. The van der Waals surface area contributed by atoms with Gasteiger partial charge >= 0.3 is 6.09 Å². The molecule has 6 nitrogen and oxygen atoms in total. The molecular formula is C17H27N3O3. The van der Waals surface area contributed by atoms with Gasteiger partial charge in [0.05, 0.1) is 6.04 Å². The summed E-state index contributed by atoms with van der Waals surface area (Å²) in [6.45, 7) is 8.71. The number of hydrogen-bond donors (Lipinski definition) is 0. The Morgan fingerprint density at radius 1 is 1.30 bits per heavy atom. The minimum atomic E-state index is -0.514. The van der Waals surface area contributed by atoms with Crippen molar-refractivity contribution in [2.45, 2.75) is 45.8 Å². The van der Waals surface area contributed by atoms with Crippen LogP contribution in [-0.4, -0.2) is 58.1 Å². The van der Waals surface area contributed by atoms with Crippen molar-refractivity contribution in [2.24, 2.45) is 7.05 Å². The van der Waals surface area contributed by atoms with Gasteiger partial charge in [0.15, 0.2) is 0 Å². The normalized spacial score (nSPS) is 18.2. The minimum Gasteiger partial charge on any atom is -0.444 e. The molecule has 1 atom stereocenters. The molecular weight excluding hydrogens is 294 g/mol. The molecule has 1 aliphatic rings. The predicted octanol–water partition coefficient (Wildman–Crippen LogP) is 2.41. The Kier molecular flexibility index (Phi) is 4.73. The Morgan fingerprint density at radius 2 is 1.96 bits per heavy atom. The van der Waals surface area contributed by atoms with Crippen LogP contribution in [0.3, 0.4) is 0 Å². The largest absolute Gasteiger partial charge is 0.444 e. The first-order chi connectivity index (χ1) is 10.6. The van der Waals surface area contributed by atoms with E-state index in [1.807, 2.05) is 51.4 Å². The van der Waals surface area contributed by atoms with Crippen molar-refractivity contribution in [2.75, 3.05) is 20.1 Å². The van der Waals surface area contributed by atoms with Crippen LogP contribution in [0.5, 0.6) is 0 Å². The number of ether oxygens (including phenoxy) is 1. The summed E-state index contributed by atoms with van der Waals surface area (Å²) in [7, 11) is 3.63. The number of likely N-dealkylation sites (N-methyl/N-ethyl adjacent to an activating group) is 1. The maximum Gasteiger partial charge on any atom is 0.410 e. The summed E-state index contributed by atoms with van der Waals surface area (Å²) >= 11 is 0. The van der Waals surface area contributed by atoms with Gasteiger partial charge in [-0.3, -0.25) is 4.79 Å². The van der Waals surface area contributed by atoms with Crippen molar-refractivity contribution in [3.05, 3.63) is 23.5 Å². The summed E-state index contributed by atoms with van der Waals surface area (Å²) in [5.41, 5.74) is 1.22. The number of amides is 2. The molecule has 0 N–H and O–H groups in total. The summed E-state index contributed by atoms with van der Waals surface area (Å²) in [4.78, 5) is 28.2. The highest BCUT2D eigenvalue weighted by Gasteiger charge is 2.33. The molecule has 1 aromatic heterocycles. The van der Waals surface area contributed by atoms with E-state index in [1.54, 1.807) is 16.8 Å². The molecule has 0 bridgehead atoms. The number of aryl methyl sites for hydroxylation is 1. The summed E-state index contributed by atoms with van der Waals surface area (Å²) in [5.74, 6) is 0.0145. The second-order valence-electron chi connectivity index (χ2n) is 7.20. The molecule has 0 aromatic carbocycles. The number of aromatic nitrogens is 1. The average molecular weight is 321 g/mol. The van der Waals surface area contributed by atoms with Crippen molar-refractivity contribution in [1.82, 2.24) is 14.4 Å². The summed E-state index contributed by atoms with van der Waals surface area (Å²) in [6.07, 6.45) is 0.428. The second-order valence-corrected chi connectivity index (χ2v) is 7.20. The van der Waals surface area contributed by atoms with Crippen LogP contribution in [0.1, 0.15) is 43.4 Å². The molecule has 0 unspecified atom stereocenters. The van der Waals surface area contributed by atoms with Crippen LogP contribution in [0.15, 0.2) is 12.1 Å². The Balaban J connectivity index is 1.99. The molecule has 1 fully saturated rings. The lowest BCUT2D eigenvalue weighted by Crippen LogP contribution is -2.42. The first-order valence-corrected chi connectivity index (χ1v) is 7.97. The van der Waals surface area contributed by atoms with Crippen LogP contribution in [0.2, 0.25) is 0 Å². The van der Waals surface area contributed by atoms with Gasteiger partial charge in [-0.15, -0.1) is 0 Å². The zero-order valence-corrected chi connectivity index (χ0v) is 14.9. The number of hydrogen-bond acceptors (Lipinski definition) is 3. The number of likely N-dealkylation sites (tertiary alicyclic amines) is 1. The maximum atomic E-state index is 12.6. The van der Waals surface area contributed by atoms with Gasteiger partial charge in [0, 0.05) is 32.9 Å². The Morgan fingerprint density at radius 3 is 2.48 bits per heavy atom. The molecule has 6 heteroatoms. The Hall–Kier alpha value is -1.98. The second kappa shape index (κ2) is 6.26. The van der Waals surface area contributed by atoms with Crippen LogP contribution in [0.25, 0.3) is 0 Å². The van der Waals surface area contributed by atoms with Gasteiger partial charge in [0.2, 0.25) is 0 Å². The van der Waals surface area contributed by atoms with Crippen molar-refractivity contribution in [1.29, 1.82) is 0 Å². The molecule has 2 rings (SSSR count). The molecule has 128 valence electrons. The maximum absolute atomic E-state index is 12.6. The van der Waals surface area contributed by atoms with E-state index in [1.165, 1.54) is 0 Å². The third-order valence-electron chi connectivity index (χ3n) is 4.27. The van der Waals surface area contributed by atoms with E-state index in [0.29, 0.717) is 18.8 Å². The standard InChI is InChI=1S/C17H27N3O3/c1-12-7-8-14(18(12)5)15(21)20-10-9-13(11-20)19(6)16(22)23-17(2,3)4/h7-8,13H,9-11H2,1-6H3/t13-/m1/s1. The third kappa shape index (κ3) is 3.86. The van der Waals surface area contributed by atoms with E-state index in [0.717, 1.165) is 12.1 Å². The van der Waals surface area contributed by atoms with Gasteiger partial charge in [-0.25, -0.2) is 4.79 Å². The minimum absolute atomic E-state index is 0.00448. The van der Waals surface area contributed by atoms with Crippen molar-refractivity contribution in [3.8, 4) is 0 Å². The third-order valence-corrected chi connectivity index (χ3v) is 4.27. The summed E-state index contributed by atoms with van der Waals surface area (Å²) in [6, 6.07) is 3.78. The zero-order valence-electron chi connectivity index (χ0n) is 14.9. The van der Waals surface area contributed by atoms with Gasteiger partial charge in [-0.2, -0.15) is 0 Å². The molecule has 0 radical (unpaired) electrons. The molecule has 1 aromatic rings. The monoisotopic (exact) mass is 321 g/mol. The quantitative estimate of drug-likeness (QED) is 0.840. The fourth-order valence-corrected chi connectivity index (χ4v) is 2.72. The first-order valence-electron chi connectivity index (χ1n) is 7.97. The highest BCUT2D eigenvalue weighted by molar-refractivity contribution is 5.93. The molecule has 2 heterocycles. The van der Waals surface area contributed by atoms with E-state index >= 15 is 0 Å². The molecule has 0 aliphatic carbocycles. The first kappa shape index (κ1) is 17.4. The Labute approximate surface area is 138 Å².